The monoisotopic (exact) mass is 403 g/mol. The van der Waals surface area contributed by atoms with Crippen LogP contribution in [0, 0.1) is 0 Å². The lowest BCUT2D eigenvalue weighted by atomic mass is 10.2. The minimum atomic E-state index is -4.39. The van der Waals surface area contributed by atoms with Gasteiger partial charge >= 0.3 is 6.18 Å². The molecular weight excluding hydrogens is 379 g/mol. The number of carbonyl (C=O) groups is 2. The van der Waals surface area contributed by atoms with Crippen molar-refractivity contribution < 1.29 is 22.8 Å². The minimum absolute atomic E-state index is 0.0371. The topological polar surface area (TPSA) is 52.7 Å². The summed E-state index contributed by atoms with van der Waals surface area (Å²) in [7, 11) is 0. The number of benzene rings is 1. The predicted molar refractivity (Wildman–Crippen MR) is 98.5 cm³/mol. The Morgan fingerprint density at radius 2 is 1.85 bits per heavy atom. The van der Waals surface area contributed by atoms with Crippen LogP contribution in [0.3, 0.4) is 0 Å². The number of thioether (sulfide) groups is 1. The molecule has 150 valence electrons. The average molecular weight is 403 g/mol. The van der Waals surface area contributed by atoms with E-state index in [9.17, 15) is 22.8 Å². The lowest BCUT2D eigenvalue weighted by molar-refractivity contribution is -0.137. The number of halogens is 3. The van der Waals surface area contributed by atoms with Gasteiger partial charge in [0.05, 0.1) is 17.9 Å². The molecule has 0 atom stereocenters. The Morgan fingerprint density at radius 3 is 2.44 bits per heavy atom. The van der Waals surface area contributed by atoms with Gasteiger partial charge in [0.1, 0.15) is 0 Å². The number of hydrogen-bond acceptors (Lipinski definition) is 4. The maximum Gasteiger partial charge on any atom is 0.416 e. The summed E-state index contributed by atoms with van der Waals surface area (Å²) in [6.45, 7) is 6.33. The number of nitrogens with zero attached hydrogens (tertiary/aromatic N) is 2. The van der Waals surface area contributed by atoms with Crippen molar-refractivity contribution in [2.24, 2.45) is 0 Å². The molecule has 0 unspecified atom stereocenters. The zero-order valence-electron chi connectivity index (χ0n) is 15.4. The van der Waals surface area contributed by atoms with E-state index in [-0.39, 0.29) is 23.6 Å². The van der Waals surface area contributed by atoms with E-state index in [4.69, 9.17) is 0 Å². The SMILES string of the molecule is CC(C)NC(=O)CN1CCN(C(=O)CSc2cccc(C(F)(F)F)c2)CC1. The predicted octanol–water partition coefficient (Wildman–Crippen LogP) is 2.47. The minimum Gasteiger partial charge on any atom is -0.353 e. The maximum absolute atomic E-state index is 12.7. The summed E-state index contributed by atoms with van der Waals surface area (Å²) in [6, 6.07) is 5.08. The lowest BCUT2D eigenvalue weighted by Crippen LogP contribution is -2.51. The number of hydrogen-bond donors (Lipinski definition) is 1. The standard InChI is InChI=1S/C18H24F3N3O2S/c1-13(2)22-16(25)11-23-6-8-24(9-7-23)17(26)12-27-15-5-3-4-14(10-15)18(19,20)21/h3-5,10,13H,6-9,11-12H2,1-2H3,(H,22,25). The second-order valence-corrected chi connectivity index (χ2v) is 7.74. The molecule has 5 nitrogen and oxygen atoms in total. The largest absolute Gasteiger partial charge is 0.416 e. The summed E-state index contributed by atoms with van der Waals surface area (Å²) >= 11 is 1.10. The molecule has 2 amide bonds. The first kappa shape index (κ1) is 21.6. The van der Waals surface area contributed by atoms with E-state index in [1.807, 2.05) is 18.7 Å². The highest BCUT2D eigenvalue weighted by atomic mass is 32.2. The van der Waals surface area contributed by atoms with E-state index in [0.717, 1.165) is 23.9 Å². The molecule has 0 bridgehead atoms. The van der Waals surface area contributed by atoms with Crippen molar-refractivity contribution in [3.05, 3.63) is 29.8 Å². The Morgan fingerprint density at radius 1 is 1.19 bits per heavy atom. The molecule has 1 aromatic rings. The number of alkyl halides is 3. The van der Waals surface area contributed by atoms with Gasteiger partial charge in [-0.3, -0.25) is 14.5 Å². The molecule has 1 aromatic carbocycles. The van der Waals surface area contributed by atoms with E-state index in [0.29, 0.717) is 37.6 Å². The van der Waals surface area contributed by atoms with Gasteiger partial charge in [0.25, 0.3) is 0 Å². The first-order chi connectivity index (χ1) is 12.6. The zero-order chi connectivity index (χ0) is 20.0. The third-order valence-electron chi connectivity index (χ3n) is 4.07. The van der Waals surface area contributed by atoms with Crippen LogP contribution in [0.1, 0.15) is 19.4 Å². The van der Waals surface area contributed by atoms with Crippen molar-refractivity contribution in [1.82, 2.24) is 15.1 Å². The fraction of sp³-hybridized carbons (Fsp3) is 0.556. The second-order valence-electron chi connectivity index (χ2n) is 6.69. The highest BCUT2D eigenvalue weighted by Gasteiger charge is 2.30. The number of nitrogens with one attached hydrogen (secondary N) is 1. The fourth-order valence-corrected chi connectivity index (χ4v) is 3.58. The van der Waals surface area contributed by atoms with Gasteiger partial charge in [-0.25, -0.2) is 0 Å². The first-order valence-electron chi connectivity index (χ1n) is 8.74. The number of piperazine rings is 1. The Bertz CT molecular complexity index is 659. The quantitative estimate of drug-likeness (QED) is 0.742. The third-order valence-corrected chi connectivity index (χ3v) is 5.04. The molecule has 1 aliphatic heterocycles. The molecule has 0 aromatic heterocycles. The Hall–Kier alpha value is -1.74. The van der Waals surface area contributed by atoms with E-state index < -0.39 is 11.7 Å². The van der Waals surface area contributed by atoms with Gasteiger partial charge in [-0.2, -0.15) is 13.2 Å². The average Bonchev–Trinajstić information content (AvgIpc) is 2.59. The summed E-state index contributed by atoms with van der Waals surface area (Å²) < 4.78 is 38.2. The van der Waals surface area contributed by atoms with Crippen LogP contribution in [0.5, 0.6) is 0 Å². The molecule has 1 heterocycles. The van der Waals surface area contributed by atoms with E-state index >= 15 is 0 Å². The Labute approximate surface area is 161 Å². The van der Waals surface area contributed by atoms with Crippen LogP contribution in [-0.2, 0) is 15.8 Å². The van der Waals surface area contributed by atoms with Crippen molar-refractivity contribution in [3.8, 4) is 0 Å². The van der Waals surface area contributed by atoms with Crippen molar-refractivity contribution in [3.63, 3.8) is 0 Å². The van der Waals surface area contributed by atoms with Gasteiger partial charge in [0.15, 0.2) is 0 Å². The van der Waals surface area contributed by atoms with E-state index in [2.05, 4.69) is 5.32 Å². The zero-order valence-corrected chi connectivity index (χ0v) is 16.2. The van der Waals surface area contributed by atoms with E-state index in [1.165, 1.54) is 6.07 Å². The second kappa shape index (κ2) is 9.45. The molecule has 1 N–H and O–H groups in total. The molecule has 0 saturated carbocycles. The Balaban J connectivity index is 1.77. The molecule has 0 spiro atoms. The molecule has 0 radical (unpaired) electrons. The van der Waals surface area contributed by atoms with Crippen molar-refractivity contribution in [2.75, 3.05) is 38.5 Å². The summed E-state index contributed by atoms with van der Waals surface area (Å²) in [5.41, 5.74) is -0.715. The number of carbonyl (C=O) groups excluding carboxylic acids is 2. The summed E-state index contributed by atoms with van der Waals surface area (Å²) in [5, 5.41) is 2.83. The van der Waals surface area contributed by atoms with Gasteiger partial charge in [-0.05, 0) is 32.0 Å². The van der Waals surface area contributed by atoms with Crippen LogP contribution in [0.25, 0.3) is 0 Å². The fourth-order valence-electron chi connectivity index (χ4n) is 2.72. The molecule has 9 heteroatoms. The molecule has 1 aliphatic rings. The van der Waals surface area contributed by atoms with Crippen LogP contribution >= 0.6 is 11.8 Å². The molecule has 0 aliphatic carbocycles. The van der Waals surface area contributed by atoms with Gasteiger partial charge in [-0.1, -0.05) is 6.07 Å². The highest BCUT2D eigenvalue weighted by molar-refractivity contribution is 8.00. The van der Waals surface area contributed by atoms with Crippen LogP contribution in [-0.4, -0.2) is 66.1 Å². The molecule has 1 saturated heterocycles. The summed E-state index contributed by atoms with van der Waals surface area (Å²) in [6.07, 6.45) is -4.39. The maximum atomic E-state index is 12.7. The smallest absolute Gasteiger partial charge is 0.353 e. The molecule has 27 heavy (non-hydrogen) atoms. The van der Waals surface area contributed by atoms with Gasteiger partial charge < -0.3 is 10.2 Å². The first-order valence-corrected chi connectivity index (χ1v) is 9.73. The van der Waals surface area contributed by atoms with Crippen LogP contribution in [0.4, 0.5) is 13.2 Å². The van der Waals surface area contributed by atoms with Gasteiger partial charge in [0, 0.05) is 37.1 Å². The van der Waals surface area contributed by atoms with Crippen LogP contribution in [0.15, 0.2) is 29.2 Å². The molecule has 1 fully saturated rings. The van der Waals surface area contributed by atoms with Crippen LogP contribution < -0.4 is 5.32 Å². The number of rotatable bonds is 6. The highest BCUT2D eigenvalue weighted by Crippen LogP contribution is 2.31. The summed E-state index contributed by atoms with van der Waals surface area (Å²) in [5.74, 6) is -0.0524. The van der Waals surface area contributed by atoms with Gasteiger partial charge in [-0.15, -0.1) is 11.8 Å². The molecule has 2 rings (SSSR count). The van der Waals surface area contributed by atoms with E-state index in [1.54, 1.807) is 11.0 Å². The van der Waals surface area contributed by atoms with Crippen LogP contribution in [0.2, 0.25) is 0 Å². The van der Waals surface area contributed by atoms with Crippen molar-refractivity contribution in [1.29, 1.82) is 0 Å². The third kappa shape index (κ3) is 7.06. The van der Waals surface area contributed by atoms with Crippen molar-refractivity contribution >= 4 is 23.6 Å². The summed E-state index contributed by atoms with van der Waals surface area (Å²) in [4.78, 5) is 28.2. The normalized spacial score (nSPS) is 15.9. The van der Waals surface area contributed by atoms with Gasteiger partial charge in [0.2, 0.25) is 11.8 Å². The van der Waals surface area contributed by atoms with Crippen molar-refractivity contribution in [2.45, 2.75) is 31.0 Å². The molecular formula is C18H24F3N3O2S. The lowest BCUT2D eigenvalue weighted by Gasteiger charge is -2.34. The number of amides is 2. The Kier molecular flexibility index (Phi) is 7.55.